The largest absolute Gasteiger partial charge is 0.374 e. The lowest BCUT2D eigenvalue weighted by atomic mass is 10.1. The summed E-state index contributed by atoms with van der Waals surface area (Å²) >= 11 is 0. The summed E-state index contributed by atoms with van der Waals surface area (Å²) in [6.07, 6.45) is 3.97. The van der Waals surface area contributed by atoms with Gasteiger partial charge in [-0.3, -0.25) is 9.88 Å². The van der Waals surface area contributed by atoms with Gasteiger partial charge in [-0.05, 0) is 25.0 Å². The number of hydrogen-bond acceptors (Lipinski definition) is 4. The first-order valence-electron chi connectivity index (χ1n) is 6.15. The van der Waals surface area contributed by atoms with Crippen molar-refractivity contribution in [2.45, 2.75) is 32.5 Å². The molecule has 17 heavy (non-hydrogen) atoms. The van der Waals surface area contributed by atoms with Gasteiger partial charge in [0.05, 0.1) is 12.7 Å². The number of hydrogen-bond donors (Lipinski definition) is 1. The normalized spacial score (nSPS) is 23.6. The topological polar surface area (TPSA) is 51.4 Å². The third kappa shape index (κ3) is 3.49. The molecule has 2 N–H and O–H groups in total. The van der Waals surface area contributed by atoms with E-state index in [-0.39, 0.29) is 12.1 Å². The first kappa shape index (κ1) is 12.5. The second-order valence-electron chi connectivity index (χ2n) is 4.87. The highest BCUT2D eigenvalue weighted by molar-refractivity contribution is 5.16. The molecule has 2 heterocycles. The van der Waals surface area contributed by atoms with Gasteiger partial charge >= 0.3 is 0 Å². The van der Waals surface area contributed by atoms with Crippen LogP contribution in [0.2, 0.25) is 0 Å². The molecular weight excluding hydrogens is 214 g/mol. The van der Waals surface area contributed by atoms with E-state index < -0.39 is 0 Å². The number of nitrogens with two attached hydrogens (primary N) is 1. The lowest BCUT2D eigenvalue weighted by Gasteiger charge is -2.34. The standard InChI is InChI=1S/C13H21N3O/c1-10-5-12(7-15-6-10)8-16-3-4-17-13(9-16)11(2)14/h5-7,11,13H,3-4,8-9,14H2,1-2H3. The minimum atomic E-state index is 0.0911. The van der Waals surface area contributed by atoms with E-state index in [1.54, 1.807) is 0 Å². The van der Waals surface area contributed by atoms with E-state index in [9.17, 15) is 0 Å². The fourth-order valence-electron chi connectivity index (χ4n) is 2.16. The number of aromatic nitrogens is 1. The van der Waals surface area contributed by atoms with Crippen molar-refractivity contribution in [3.8, 4) is 0 Å². The van der Waals surface area contributed by atoms with Gasteiger partial charge in [-0.25, -0.2) is 0 Å². The number of nitrogens with zero attached hydrogens (tertiary/aromatic N) is 2. The molecule has 1 aliphatic rings. The molecule has 0 spiro atoms. The molecule has 0 aromatic carbocycles. The molecule has 0 amide bonds. The van der Waals surface area contributed by atoms with Crippen LogP contribution in [0.1, 0.15) is 18.1 Å². The van der Waals surface area contributed by atoms with Gasteiger partial charge < -0.3 is 10.5 Å². The predicted molar refractivity (Wildman–Crippen MR) is 67.6 cm³/mol. The van der Waals surface area contributed by atoms with Crippen molar-refractivity contribution in [1.29, 1.82) is 0 Å². The van der Waals surface area contributed by atoms with Crippen molar-refractivity contribution in [3.63, 3.8) is 0 Å². The summed E-state index contributed by atoms with van der Waals surface area (Å²) in [5.41, 5.74) is 8.35. The maximum Gasteiger partial charge on any atom is 0.0850 e. The quantitative estimate of drug-likeness (QED) is 0.847. The zero-order valence-corrected chi connectivity index (χ0v) is 10.6. The molecule has 1 aliphatic heterocycles. The highest BCUT2D eigenvalue weighted by atomic mass is 16.5. The molecule has 0 bridgehead atoms. The van der Waals surface area contributed by atoms with Gasteiger partial charge in [0.2, 0.25) is 0 Å². The summed E-state index contributed by atoms with van der Waals surface area (Å²) < 4.78 is 5.65. The molecule has 1 saturated heterocycles. The molecule has 2 unspecified atom stereocenters. The SMILES string of the molecule is Cc1cncc(CN2CCOC(C(C)N)C2)c1. The Morgan fingerprint density at radius 3 is 3.12 bits per heavy atom. The zero-order valence-electron chi connectivity index (χ0n) is 10.6. The summed E-state index contributed by atoms with van der Waals surface area (Å²) in [5, 5.41) is 0. The zero-order chi connectivity index (χ0) is 12.3. The Hall–Kier alpha value is -0.970. The smallest absolute Gasteiger partial charge is 0.0850 e. The van der Waals surface area contributed by atoms with Gasteiger partial charge in [-0.2, -0.15) is 0 Å². The second kappa shape index (κ2) is 5.58. The molecular formula is C13H21N3O. The van der Waals surface area contributed by atoms with Crippen molar-refractivity contribution >= 4 is 0 Å². The first-order chi connectivity index (χ1) is 8.15. The fourth-order valence-corrected chi connectivity index (χ4v) is 2.16. The minimum absolute atomic E-state index is 0.0911. The van der Waals surface area contributed by atoms with Gasteiger partial charge in [0.25, 0.3) is 0 Å². The van der Waals surface area contributed by atoms with E-state index >= 15 is 0 Å². The maximum atomic E-state index is 5.88. The highest BCUT2D eigenvalue weighted by Gasteiger charge is 2.23. The van der Waals surface area contributed by atoms with E-state index in [4.69, 9.17) is 10.5 Å². The Bertz CT molecular complexity index is 367. The van der Waals surface area contributed by atoms with Crippen LogP contribution in [0.15, 0.2) is 18.5 Å². The molecule has 1 aromatic heterocycles. The maximum absolute atomic E-state index is 5.88. The lowest BCUT2D eigenvalue weighted by molar-refractivity contribution is -0.0403. The van der Waals surface area contributed by atoms with Gasteiger partial charge in [-0.15, -0.1) is 0 Å². The van der Waals surface area contributed by atoms with Gasteiger partial charge in [0.15, 0.2) is 0 Å². The van der Waals surface area contributed by atoms with Gasteiger partial charge in [0.1, 0.15) is 0 Å². The van der Waals surface area contributed by atoms with E-state index in [2.05, 4.69) is 22.9 Å². The van der Waals surface area contributed by atoms with E-state index in [1.807, 2.05) is 19.3 Å². The van der Waals surface area contributed by atoms with Crippen LogP contribution < -0.4 is 5.73 Å². The number of rotatable bonds is 3. The molecule has 0 aliphatic carbocycles. The van der Waals surface area contributed by atoms with Crippen LogP contribution >= 0.6 is 0 Å². The Labute approximate surface area is 103 Å². The summed E-state index contributed by atoms with van der Waals surface area (Å²) in [5.74, 6) is 0. The average molecular weight is 235 g/mol. The molecule has 94 valence electrons. The number of pyridine rings is 1. The predicted octanol–water partition coefficient (Wildman–Crippen LogP) is 0.938. The Kier molecular flexibility index (Phi) is 4.10. The van der Waals surface area contributed by atoms with E-state index in [1.165, 1.54) is 11.1 Å². The molecule has 0 saturated carbocycles. The molecule has 1 aromatic rings. The van der Waals surface area contributed by atoms with Crippen LogP contribution in [0.25, 0.3) is 0 Å². The van der Waals surface area contributed by atoms with Crippen LogP contribution in [0.3, 0.4) is 0 Å². The molecule has 1 fully saturated rings. The van der Waals surface area contributed by atoms with Gasteiger partial charge in [0, 0.05) is 38.1 Å². The monoisotopic (exact) mass is 235 g/mol. The van der Waals surface area contributed by atoms with E-state index in [0.717, 1.165) is 26.2 Å². The van der Waals surface area contributed by atoms with Crippen molar-refractivity contribution in [3.05, 3.63) is 29.6 Å². The molecule has 2 rings (SSSR count). The average Bonchev–Trinajstić information content (AvgIpc) is 2.29. The second-order valence-corrected chi connectivity index (χ2v) is 4.87. The number of morpholine rings is 1. The summed E-state index contributed by atoms with van der Waals surface area (Å²) in [7, 11) is 0. The van der Waals surface area contributed by atoms with Crippen LogP contribution in [-0.4, -0.2) is 41.7 Å². The van der Waals surface area contributed by atoms with Crippen molar-refractivity contribution in [2.75, 3.05) is 19.7 Å². The summed E-state index contributed by atoms with van der Waals surface area (Å²) in [4.78, 5) is 6.60. The Morgan fingerprint density at radius 2 is 2.41 bits per heavy atom. The molecule has 4 nitrogen and oxygen atoms in total. The summed E-state index contributed by atoms with van der Waals surface area (Å²) in [6.45, 7) is 7.65. The third-order valence-corrected chi connectivity index (χ3v) is 3.10. The van der Waals surface area contributed by atoms with Crippen molar-refractivity contribution in [1.82, 2.24) is 9.88 Å². The molecule has 2 atom stereocenters. The van der Waals surface area contributed by atoms with Crippen LogP contribution in [0.4, 0.5) is 0 Å². The minimum Gasteiger partial charge on any atom is -0.374 e. The summed E-state index contributed by atoms with van der Waals surface area (Å²) in [6, 6.07) is 2.28. The molecule has 0 radical (unpaired) electrons. The highest BCUT2D eigenvalue weighted by Crippen LogP contribution is 2.12. The van der Waals surface area contributed by atoms with Crippen LogP contribution in [0.5, 0.6) is 0 Å². The first-order valence-corrected chi connectivity index (χ1v) is 6.15. The van der Waals surface area contributed by atoms with Gasteiger partial charge in [-0.1, -0.05) is 6.07 Å². The number of aryl methyl sites for hydroxylation is 1. The fraction of sp³-hybridized carbons (Fsp3) is 0.615. The molecule has 4 heteroatoms. The number of ether oxygens (including phenoxy) is 1. The Morgan fingerprint density at radius 1 is 1.59 bits per heavy atom. The van der Waals surface area contributed by atoms with E-state index in [0.29, 0.717) is 0 Å². The van der Waals surface area contributed by atoms with Crippen molar-refractivity contribution in [2.24, 2.45) is 5.73 Å². The van der Waals surface area contributed by atoms with Crippen molar-refractivity contribution < 1.29 is 4.74 Å². The van der Waals surface area contributed by atoms with Crippen LogP contribution in [-0.2, 0) is 11.3 Å². The van der Waals surface area contributed by atoms with Crippen LogP contribution in [0, 0.1) is 6.92 Å². The Balaban J connectivity index is 1.94. The third-order valence-electron chi connectivity index (χ3n) is 3.10. The lowest BCUT2D eigenvalue weighted by Crippen LogP contribution is -2.49.